The summed E-state index contributed by atoms with van der Waals surface area (Å²) in [6, 6.07) is 1.83. The smallest absolute Gasteiger partial charge is 0.156 e. The van der Waals surface area contributed by atoms with E-state index in [1.54, 1.807) is 4.68 Å². The van der Waals surface area contributed by atoms with Crippen LogP contribution in [0.15, 0.2) is 6.07 Å². The first kappa shape index (κ1) is 14.2. The van der Waals surface area contributed by atoms with E-state index >= 15 is 0 Å². The summed E-state index contributed by atoms with van der Waals surface area (Å²) in [7, 11) is -3.11. The van der Waals surface area contributed by atoms with Crippen LogP contribution in [0.2, 0.25) is 0 Å². The van der Waals surface area contributed by atoms with E-state index in [2.05, 4.69) is 5.10 Å². The van der Waals surface area contributed by atoms with Crippen LogP contribution in [0.5, 0.6) is 0 Å². The molecule has 1 aromatic rings. The van der Waals surface area contributed by atoms with Gasteiger partial charge in [-0.15, -0.1) is 0 Å². The third-order valence-corrected chi connectivity index (χ3v) is 4.41. The molecule has 0 saturated heterocycles. The van der Waals surface area contributed by atoms with Crippen molar-refractivity contribution >= 4 is 9.84 Å². The van der Waals surface area contributed by atoms with Gasteiger partial charge >= 0.3 is 0 Å². The van der Waals surface area contributed by atoms with E-state index in [1.807, 2.05) is 26.8 Å². The zero-order valence-electron chi connectivity index (χ0n) is 10.7. The van der Waals surface area contributed by atoms with Crippen molar-refractivity contribution < 1.29 is 8.42 Å². The maximum Gasteiger partial charge on any atom is 0.156 e. The number of nitrogens with two attached hydrogens (primary N) is 1. The molecule has 0 aliphatic heterocycles. The maximum atomic E-state index is 12.0. The Kier molecular flexibility index (Phi) is 4.70. The molecule has 0 saturated carbocycles. The molecular formula is C11H21N3O2S. The Balaban J connectivity index is 2.82. The number of aromatic nitrogens is 2. The topological polar surface area (TPSA) is 78.0 Å². The highest BCUT2D eigenvalue weighted by Crippen LogP contribution is 2.11. The predicted octanol–water partition coefficient (Wildman–Crippen LogP) is 0.721. The second-order valence-corrected chi connectivity index (χ2v) is 6.60. The molecule has 0 spiro atoms. The number of aryl methyl sites for hydroxylation is 2. The molecule has 0 aromatic carbocycles. The van der Waals surface area contributed by atoms with Crippen LogP contribution in [0.25, 0.3) is 0 Å². The number of hydrogen-bond donors (Lipinski definition) is 1. The summed E-state index contributed by atoms with van der Waals surface area (Å²) in [4.78, 5) is 0. The zero-order chi connectivity index (χ0) is 13.1. The Labute approximate surface area is 103 Å². The maximum absolute atomic E-state index is 12.0. The molecule has 98 valence electrons. The second kappa shape index (κ2) is 5.64. The van der Waals surface area contributed by atoms with Crippen LogP contribution >= 0.6 is 0 Å². The molecule has 0 fully saturated rings. The largest absolute Gasteiger partial charge is 0.330 e. The fraction of sp³-hybridized carbons (Fsp3) is 0.727. The van der Waals surface area contributed by atoms with Crippen molar-refractivity contribution in [1.29, 1.82) is 0 Å². The lowest BCUT2D eigenvalue weighted by molar-refractivity contribution is 0.566. The van der Waals surface area contributed by atoms with Gasteiger partial charge in [-0.05, 0) is 32.4 Å². The number of hydrogen-bond acceptors (Lipinski definition) is 4. The molecule has 2 N–H and O–H groups in total. The predicted molar refractivity (Wildman–Crippen MR) is 68.3 cm³/mol. The molecule has 17 heavy (non-hydrogen) atoms. The van der Waals surface area contributed by atoms with Crippen LogP contribution in [-0.4, -0.2) is 30.5 Å². The molecule has 1 heterocycles. The first-order valence-corrected chi connectivity index (χ1v) is 7.64. The summed E-state index contributed by atoms with van der Waals surface area (Å²) in [6.07, 6.45) is 0. The summed E-state index contributed by atoms with van der Waals surface area (Å²) in [6.45, 7) is 6.74. The van der Waals surface area contributed by atoms with Gasteiger partial charge in [-0.3, -0.25) is 4.68 Å². The molecule has 0 radical (unpaired) electrons. The standard InChI is InChI=1S/C11H21N3O2S/c1-4-14-11(5-10(3)13-14)8-17(15,16)7-9(2)6-12/h5,9H,4,6-8,12H2,1-3H3. The van der Waals surface area contributed by atoms with Crippen LogP contribution in [-0.2, 0) is 22.1 Å². The van der Waals surface area contributed by atoms with Crippen molar-refractivity contribution in [3.05, 3.63) is 17.5 Å². The number of rotatable bonds is 6. The number of sulfone groups is 1. The van der Waals surface area contributed by atoms with Crippen LogP contribution < -0.4 is 5.73 Å². The van der Waals surface area contributed by atoms with Gasteiger partial charge in [0.2, 0.25) is 0 Å². The minimum atomic E-state index is -3.11. The summed E-state index contributed by atoms with van der Waals surface area (Å²) >= 11 is 0. The summed E-state index contributed by atoms with van der Waals surface area (Å²) in [5, 5.41) is 4.24. The fourth-order valence-corrected chi connectivity index (χ4v) is 3.58. The normalized spacial score (nSPS) is 13.9. The Morgan fingerprint density at radius 1 is 1.53 bits per heavy atom. The quantitative estimate of drug-likeness (QED) is 0.816. The van der Waals surface area contributed by atoms with Gasteiger partial charge in [0.1, 0.15) is 0 Å². The van der Waals surface area contributed by atoms with Gasteiger partial charge in [0.15, 0.2) is 9.84 Å². The van der Waals surface area contributed by atoms with Crippen LogP contribution in [0.3, 0.4) is 0 Å². The first-order chi connectivity index (χ1) is 7.88. The SMILES string of the molecule is CCn1nc(C)cc1CS(=O)(=O)CC(C)CN. The third-order valence-electron chi connectivity index (χ3n) is 2.59. The van der Waals surface area contributed by atoms with E-state index in [4.69, 9.17) is 5.73 Å². The average Bonchev–Trinajstić information content (AvgIpc) is 2.56. The summed E-state index contributed by atoms with van der Waals surface area (Å²) in [5.74, 6) is 0.183. The lowest BCUT2D eigenvalue weighted by atomic mass is 10.2. The Morgan fingerprint density at radius 2 is 2.18 bits per heavy atom. The van der Waals surface area contributed by atoms with Gasteiger partial charge in [-0.1, -0.05) is 6.92 Å². The van der Waals surface area contributed by atoms with E-state index < -0.39 is 9.84 Å². The molecule has 0 amide bonds. The van der Waals surface area contributed by atoms with E-state index in [9.17, 15) is 8.42 Å². The van der Waals surface area contributed by atoms with Gasteiger partial charge in [-0.2, -0.15) is 5.10 Å². The molecule has 1 rings (SSSR count). The highest BCUT2D eigenvalue weighted by atomic mass is 32.2. The molecule has 1 aromatic heterocycles. The van der Waals surface area contributed by atoms with E-state index in [0.717, 1.165) is 11.4 Å². The van der Waals surface area contributed by atoms with Gasteiger partial charge in [0.25, 0.3) is 0 Å². The average molecular weight is 259 g/mol. The zero-order valence-corrected chi connectivity index (χ0v) is 11.5. The molecule has 1 unspecified atom stereocenters. The molecule has 0 aliphatic rings. The van der Waals surface area contributed by atoms with E-state index in [1.165, 1.54) is 0 Å². The van der Waals surface area contributed by atoms with Gasteiger partial charge in [0.05, 0.1) is 22.9 Å². The summed E-state index contributed by atoms with van der Waals surface area (Å²) < 4.78 is 25.6. The van der Waals surface area contributed by atoms with Crippen molar-refractivity contribution in [2.75, 3.05) is 12.3 Å². The van der Waals surface area contributed by atoms with Crippen LogP contribution in [0.4, 0.5) is 0 Å². The fourth-order valence-electron chi connectivity index (χ4n) is 1.77. The first-order valence-electron chi connectivity index (χ1n) is 5.81. The van der Waals surface area contributed by atoms with E-state index in [0.29, 0.717) is 13.1 Å². The van der Waals surface area contributed by atoms with Gasteiger partial charge in [0, 0.05) is 6.54 Å². The molecule has 1 atom stereocenters. The van der Waals surface area contributed by atoms with Crippen molar-refractivity contribution in [3.8, 4) is 0 Å². The minimum absolute atomic E-state index is 0.000838. The van der Waals surface area contributed by atoms with Crippen molar-refractivity contribution in [2.45, 2.75) is 33.1 Å². The van der Waals surface area contributed by atoms with Crippen molar-refractivity contribution in [2.24, 2.45) is 11.7 Å². The highest BCUT2D eigenvalue weighted by Gasteiger charge is 2.18. The van der Waals surface area contributed by atoms with E-state index in [-0.39, 0.29) is 17.4 Å². The monoisotopic (exact) mass is 259 g/mol. The van der Waals surface area contributed by atoms with Crippen LogP contribution in [0.1, 0.15) is 25.2 Å². The molecular weight excluding hydrogens is 238 g/mol. The Bertz CT molecular complexity index is 465. The minimum Gasteiger partial charge on any atom is -0.330 e. The molecule has 0 aliphatic carbocycles. The molecule has 5 nitrogen and oxygen atoms in total. The Morgan fingerprint density at radius 3 is 2.71 bits per heavy atom. The lowest BCUT2D eigenvalue weighted by Gasteiger charge is -2.10. The van der Waals surface area contributed by atoms with Crippen molar-refractivity contribution in [1.82, 2.24) is 9.78 Å². The molecule has 0 bridgehead atoms. The van der Waals surface area contributed by atoms with Gasteiger partial charge < -0.3 is 5.73 Å². The van der Waals surface area contributed by atoms with Crippen molar-refractivity contribution in [3.63, 3.8) is 0 Å². The second-order valence-electron chi connectivity index (χ2n) is 4.49. The molecule has 6 heteroatoms. The lowest BCUT2D eigenvalue weighted by Crippen LogP contribution is -2.22. The summed E-state index contributed by atoms with van der Waals surface area (Å²) in [5.41, 5.74) is 7.06. The number of nitrogens with zero attached hydrogens (tertiary/aromatic N) is 2. The van der Waals surface area contributed by atoms with Crippen LogP contribution in [0, 0.1) is 12.8 Å². The third kappa shape index (κ3) is 4.12. The Hall–Kier alpha value is -0.880. The van der Waals surface area contributed by atoms with Gasteiger partial charge in [-0.25, -0.2) is 8.42 Å². The highest BCUT2D eigenvalue weighted by molar-refractivity contribution is 7.90.